The van der Waals surface area contributed by atoms with Crippen molar-refractivity contribution in [2.24, 2.45) is 5.73 Å². The summed E-state index contributed by atoms with van der Waals surface area (Å²) in [4.78, 5) is 7.58. The molecule has 1 fully saturated rings. The number of thiophene rings is 1. The number of nitrogens with two attached hydrogens (primary N) is 1. The maximum absolute atomic E-state index is 5.70. The molecular weight excluding hydrogens is 224 g/mol. The summed E-state index contributed by atoms with van der Waals surface area (Å²) in [5.41, 5.74) is 5.70. The van der Waals surface area contributed by atoms with Gasteiger partial charge in [-0.3, -0.25) is 4.90 Å². The Labute approximate surface area is 96.9 Å². The fourth-order valence-corrected chi connectivity index (χ4v) is 2.40. The molecule has 0 saturated carbocycles. The quantitative estimate of drug-likeness (QED) is 0.859. The van der Waals surface area contributed by atoms with Crippen LogP contribution in [0.5, 0.6) is 0 Å². The highest BCUT2D eigenvalue weighted by atomic mass is 32.1. The topological polar surface area (TPSA) is 68.2 Å². The summed E-state index contributed by atoms with van der Waals surface area (Å²) < 4.78 is 5.19. The Bertz CT molecular complexity index is 461. The van der Waals surface area contributed by atoms with Gasteiger partial charge in [0.15, 0.2) is 0 Å². The molecule has 0 radical (unpaired) electrons. The number of hydrogen-bond donors (Lipinski definition) is 1. The van der Waals surface area contributed by atoms with Crippen LogP contribution >= 0.6 is 11.3 Å². The molecule has 84 valence electrons. The van der Waals surface area contributed by atoms with E-state index >= 15 is 0 Å². The van der Waals surface area contributed by atoms with E-state index in [9.17, 15) is 0 Å². The molecule has 0 spiro atoms. The third-order valence-corrected chi connectivity index (χ3v) is 3.42. The third-order valence-electron chi connectivity index (χ3n) is 2.55. The molecule has 1 aliphatic rings. The van der Waals surface area contributed by atoms with E-state index in [-0.39, 0.29) is 0 Å². The molecule has 1 saturated heterocycles. The Morgan fingerprint density at radius 3 is 3.12 bits per heavy atom. The lowest BCUT2D eigenvalue weighted by Crippen LogP contribution is -2.54. The predicted molar refractivity (Wildman–Crippen MR) is 60.9 cm³/mol. The summed E-state index contributed by atoms with van der Waals surface area (Å²) in [6.45, 7) is 2.53. The Hall–Kier alpha value is -1.24. The molecule has 0 aliphatic carbocycles. The number of hydrogen-bond acceptors (Lipinski definition) is 6. The standard InChI is InChI=1S/C10H12N4OS/c11-7-4-14(5-7)6-9-12-10(13-15-9)8-2-1-3-16-8/h1-3,7H,4-6,11H2. The molecule has 1 aliphatic heterocycles. The van der Waals surface area contributed by atoms with Crippen LogP contribution in [0, 0.1) is 0 Å². The molecule has 0 unspecified atom stereocenters. The second-order valence-corrected chi connectivity index (χ2v) is 4.89. The van der Waals surface area contributed by atoms with E-state index in [1.807, 2.05) is 17.5 Å². The average Bonchev–Trinajstić information content (AvgIpc) is 2.84. The molecule has 0 aromatic carbocycles. The predicted octanol–water partition coefficient (Wildman–Crippen LogP) is 0.941. The Balaban J connectivity index is 1.69. The normalized spacial score (nSPS) is 17.6. The largest absolute Gasteiger partial charge is 0.338 e. The van der Waals surface area contributed by atoms with Gasteiger partial charge in [-0.2, -0.15) is 4.98 Å². The maximum Gasteiger partial charge on any atom is 0.241 e. The average molecular weight is 236 g/mol. The van der Waals surface area contributed by atoms with Crippen molar-refractivity contribution in [2.45, 2.75) is 12.6 Å². The third kappa shape index (κ3) is 1.87. The zero-order valence-electron chi connectivity index (χ0n) is 8.67. The Morgan fingerprint density at radius 2 is 2.44 bits per heavy atom. The van der Waals surface area contributed by atoms with Gasteiger partial charge >= 0.3 is 0 Å². The summed E-state index contributed by atoms with van der Waals surface area (Å²) in [5, 5.41) is 5.96. The summed E-state index contributed by atoms with van der Waals surface area (Å²) >= 11 is 1.61. The maximum atomic E-state index is 5.70. The van der Waals surface area contributed by atoms with Gasteiger partial charge in [-0.25, -0.2) is 0 Å². The fourth-order valence-electron chi connectivity index (χ4n) is 1.76. The van der Waals surface area contributed by atoms with Crippen LogP contribution in [0.25, 0.3) is 10.7 Å². The minimum absolute atomic E-state index is 0.305. The van der Waals surface area contributed by atoms with Gasteiger partial charge in [0.05, 0.1) is 11.4 Å². The van der Waals surface area contributed by atoms with Crippen LogP contribution in [0.3, 0.4) is 0 Å². The van der Waals surface area contributed by atoms with E-state index in [2.05, 4.69) is 15.0 Å². The fraction of sp³-hybridized carbons (Fsp3) is 0.400. The van der Waals surface area contributed by atoms with Crippen LogP contribution in [-0.2, 0) is 6.54 Å². The number of aromatic nitrogens is 2. The SMILES string of the molecule is NC1CN(Cc2nc(-c3cccs3)no2)C1. The van der Waals surface area contributed by atoms with E-state index < -0.39 is 0 Å². The van der Waals surface area contributed by atoms with E-state index in [4.69, 9.17) is 10.3 Å². The Morgan fingerprint density at radius 1 is 1.56 bits per heavy atom. The second-order valence-electron chi connectivity index (χ2n) is 3.94. The lowest BCUT2D eigenvalue weighted by atomic mass is 10.1. The molecule has 3 rings (SSSR count). The molecule has 16 heavy (non-hydrogen) atoms. The first-order valence-electron chi connectivity index (χ1n) is 5.15. The van der Waals surface area contributed by atoms with Crippen LogP contribution in [0.2, 0.25) is 0 Å². The van der Waals surface area contributed by atoms with Gasteiger partial charge in [-0.05, 0) is 11.4 Å². The van der Waals surface area contributed by atoms with E-state index in [1.165, 1.54) is 0 Å². The second kappa shape index (κ2) is 3.97. The van der Waals surface area contributed by atoms with Crippen molar-refractivity contribution < 1.29 is 4.52 Å². The van der Waals surface area contributed by atoms with Crippen molar-refractivity contribution in [3.05, 3.63) is 23.4 Å². The van der Waals surface area contributed by atoms with Gasteiger partial charge in [0, 0.05) is 19.1 Å². The summed E-state index contributed by atoms with van der Waals surface area (Å²) in [5.74, 6) is 1.34. The minimum atomic E-state index is 0.305. The van der Waals surface area contributed by atoms with Crippen molar-refractivity contribution in [1.82, 2.24) is 15.0 Å². The van der Waals surface area contributed by atoms with Crippen LogP contribution in [-0.4, -0.2) is 34.2 Å². The van der Waals surface area contributed by atoms with Crippen LogP contribution in [0.4, 0.5) is 0 Å². The van der Waals surface area contributed by atoms with Gasteiger partial charge < -0.3 is 10.3 Å². The lowest BCUT2D eigenvalue weighted by molar-refractivity contribution is 0.125. The summed E-state index contributed by atoms with van der Waals surface area (Å²) in [6, 6.07) is 4.27. The number of likely N-dealkylation sites (tertiary alicyclic amines) is 1. The summed E-state index contributed by atoms with van der Waals surface area (Å²) in [7, 11) is 0. The first-order chi connectivity index (χ1) is 7.81. The van der Waals surface area contributed by atoms with E-state index in [0.29, 0.717) is 24.3 Å². The molecule has 3 heterocycles. The van der Waals surface area contributed by atoms with Gasteiger partial charge in [-0.1, -0.05) is 11.2 Å². The summed E-state index contributed by atoms with van der Waals surface area (Å²) in [6.07, 6.45) is 0. The number of nitrogens with zero attached hydrogens (tertiary/aromatic N) is 3. The lowest BCUT2D eigenvalue weighted by Gasteiger charge is -2.35. The molecule has 5 nitrogen and oxygen atoms in total. The van der Waals surface area contributed by atoms with E-state index in [0.717, 1.165) is 18.0 Å². The molecule has 6 heteroatoms. The van der Waals surface area contributed by atoms with E-state index in [1.54, 1.807) is 11.3 Å². The van der Waals surface area contributed by atoms with Crippen molar-refractivity contribution >= 4 is 11.3 Å². The smallest absolute Gasteiger partial charge is 0.241 e. The molecule has 0 atom stereocenters. The van der Waals surface area contributed by atoms with Crippen molar-refractivity contribution in [1.29, 1.82) is 0 Å². The molecule has 0 bridgehead atoms. The first-order valence-corrected chi connectivity index (χ1v) is 6.03. The first kappa shape index (κ1) is 9.95. The number of rotatable bonds is 3. The van der Waals surface area contributed by atoms with Crippen LogP contribution in [0.15, 0.2) is 22.0 Å². The highest BCUT2D eigenvalue weighted by Crippen LogP contribution is 2.22. The highest BCUT2D eigenvalue weighted by molar-refractivity contribution is 7.13. The van der Waals surface area contributed by atoms with Gasteiger partial charge in [0.1, 0.15) is 0 Å². The van der Waals surface area contributed by atoms with Crippen LogP contribution < -0.4 is 5.73 Å². The molecular formula is C10H12N4OS. The van der Waals surface area contributed by atoms with Gasteiger partial charge in [-0.15, -0.1) is 11.3 Å². The minimum Gasteiger partial charge on any atom is -0.338 e. The molecule has 2 aromatic heterocycles. The van der Waals surface area contributed by atoms with Gasteiger partial charge in [0.25, 0.3) is 0 Å². The van der Waals surface area contributed by atoms with Gasteiger partial charge in [0.2, 0.25) is 11.7 Å². The zero-order valence-corrected chi connectivity index (χ0v) is 9.48. The molecule has 2 N–H and O–H groups in total. The van der Waals surface area contributed by atoms with Crippen molar-refractivity contribution in [2.75, 3.05) is 13.1 Å². The van der Waals surface area contributed by atoms with Crippen molar-refractivity contribution in [3.8, 4) is 10.7 Å². The zero-order chi connectivity index (χ0) is 11.0. The van der Waals surface area contributed by atoms with Crippen molar-refractivity contribution in [3.63, 3.8) is 0 Å². The van der Waals surface area contributed by atoms with Crippen LogP contribution in [0.1, 0.15) is 5.89 Å². The molecule has 0 amide bonds. The molecule has 2 aromatic rings. The Kier molecular flexibility index (Phi) is 2.47. The highest BCUT2D eigenvalue weighted by Gasteiger charge is 2.24. The monoisotopic (exact) mass is 236 g/mol.